The van der Waals surface area contributed by atoms with E-state index in [1.54, 1.807) is 36.8 Å². The number of benzene rings is 2. The van der Waals surface area contributed by atoms with Crippen molar-refractivity contribution in [2.45, 2.75) is 13.3 Å². The maximum atomic E-state index is 12.9. The van der Waals surface area contributed by atoms with Crippen LogP contribution in [0.3, 0.4) is 0 Å². The van der Waals surface area contributed by atoms with Crippen LogP contribution in [0.25, 0.3) is 16.9 Å². The summed E-state index contributed by atoms with van der Waals surface area (Å²) in [6.07, 6.45) is 2.03. The van der Waals surface area contributed by atoms with E-state index in [1.165, 1.54) is 12.1 Å². The predicted octanol–water partition coefficient (Wildman–Crippen LogP) is 6.76. The van der Waals surface area contributed by atoms with E-state index in [2.05, 4.69) is 41.3 Å². The van der Waals surface area contributed by atoms with Crippen LogP contribution in [-0.4, -0.2) is 31.6 Å². The van der Waals surface area contributed by atoms with E-state index in [0.717, 1.165) is 27.9 Å². The van der Waals surface area contributed by atoms with E-state index in [9.17, 15) is 18.0 Å². The molecule has 0 aliphatic rings. The largest absolute Gasteiger partial charge is 0.573 e. The van der Waals surface area contributed by atoms with Crippen LogP contribution in [0.2, 0.25) is 0 Å². The van der Waals surface area contributed by atoms with Crippen molar-refractivity contribution in [2.75, 3.05) is 10.6 Å². The second-order valence-electron chi connectivity index (χ2n) is 8.18. The molecule has 3 heterocycles. The Kier molecular flexibility index (Phi) is 6.72. The number of carbonyl (C=O) groups excluding carboxylic acids is 1. The van der Waals surface area contributed by atoms with Gasteiger partial charge < -0.3 is 15.4 Å². The van der Waals surface area contributed by atoms with Crippen molar-refractivity contribution in [3.8, 4) is 17.0 Å². The number of anilines is 3. The van der Waals surface area contributed by atoms with Crippen LogP contribution < -0.4 is 15.4 Å². The normalized spacial score (nSPS) is 11.4. The fraction of sp³-hybridized carbons (Fsp3) is 0.0769. The molecule has 192 valence electrons. The van der Waals surface area contributed by atoms with Crippen LogP contribution in [0.4, 0.5) is 30.4 Å². The minimum Gasteiger partial charge on any atom is -0.406 e. The van der Waals surface area contributed by atoms with E-state index in [0.29, 0.717) is 22.8 Å². The molecule has 0 saturated heterocycles. The number of carbonyl (C=O) groups is 1. The molecule has 0 aliphatic heterocycles. The molecule has 2 aromatic carbocycles. The van der Waals surface area contributed by atoms with Gasteiger partial charge in [0.1, 0.15) is 10.4 Å². The number of fused-ring (bicyclic) bond motifs is 1. The minimum absolute atomic E-state index is 0.154. The number of ether oxygens (including phenoxy) is 1. The number of nitrogens with one attached hydrogen (secondary N) is 2. The Morgan fingerprint density at radius 1 is 1.08 bits per heavy atom. The molecule has 38 heavy (non-hydrogen) atoms. The summed E-state index contributed by atoms with van der Waals surface area (Å²) in [5.41, 5.74) is 3.88. The second-order valence-corrected chi connectivity index (χ2v) is 8.99. The van der Waals surface area contributed by atoms with Crippen LogP contribution in [0.15, 0.2) is 84.0 Å². The molecule has 0 atom stereocenters. The smallest absolute Gasteiger partial charge is 0.406 e. The molecule has 0 aliphatic carbocycles. The topological polar surface area (TPSA) is 93.4 Å². The highest BCUT2D eigenvalue weighted by molar-refractivity contribution is 9.10. The minimum atomic E-state index is -4.83. The van der Waals surface area contributed by atoms with E-state index in [4.69, 9.17) is 4.98 Å². The van der Waals surface area contributed by atoms with Gasteiger partial charge in [0.05, 0.1) is 11.9 Å². The van der Waals surface area contributed by atoms with Crippen molar-refractivity contribution in [3.05, 3.63) is 95.1 Å². The number of pyridine rings is 1. The number of aromatic nitrogens is 4. The maximum absolute atomic E-state index is 12.9. The van der Waals surface area contributed by atoms with Crippen molar-refractivity contribution >= 4 is 44.7 Å². The van der Waals surface area contributed by atoms with Gasteiger partial charge in [-0.2, -0.15) is 0 Å². The van der Waals surface area contributed by atoms with E-state index in [1.807, 2.05) is 29.7 Å². The fourth-order valence-electron chi connectivity index (χ4n) is 3.70. The molecule has 5 rings (SSSR count). The number of halogens is 4. The van der Waals surface area contributed by atoms with Gasteiger partial charge in [-0.25, -0.2) is 9.97 Å². The van der Waals surface area contributed by atoms with Gasteiger partial charge in [0.25, 0.3) is 5.91 Å². The third kappa shape index (κ3) is 5.59. The first-order chi connectivity index (χ1) is 18.2. The summed E-state index contributed by atoms with van der Waals surface area (Å²) in [6.45, 7) is 1.87. The zero-order valence-corrected chi connectivity index (χ0v) is 21.2. The van der Waals surface area contributed by atoms with Crippen molar-refractivity contribution in [1.82, 2.24) is 19.4 Å². The SMILES string of the molecule is Cc1ccc(C(=O)Nc2cccc(OC(F)(F)F)c2)cc1Nc1nc(-c2cccnc2)cn2c(Br)cnc12. The lowest BCUT2D eigenvalue weighted by Crippen LogP contribution is -2.17. The zero-order chi connectivity index (χ0) is 26.9. The highest BCUT2D eigenvalue weighted by Gasteiger charge is 2.31. The number of hydrogen-bond donors (Lipinski definition) is 2. The molecule has 0 unspecified atom stereocenters. The highest BCUT2D eigenvalue weighted by Crippen LogP contribution is 2.29. The Morgan fingerprint density at radius 2 is 1.92 bits per heavy atom. The Hall–Kier alpha value is -4.45. The molecular formula is C26H18BrF3N6O2. The van der Waals surface area contributed by atoms with Crippen LogP contribution in [0.1, 0.15) is 15.9 Å². The summed E-state index contributed by atoms with van der Waals surface area (Å²) in [5.74, 6) is -0.492. The summed E-state index contributed by atoms with van der Waals surface area (Å²) < 4.78 is 44.1. The third-order valence-electron chi connectivity index (χ3n) is 5.48. The highest BCUT2D eigenvalue weighted by atomic mass is 79.9. The molecule has 0 saturated carbocycles. The Labute approximate surface area is 222 Å². The van der Waals surface area contributed by atoms with Gasteiger partial charge in [0.15, 0.2) is 11.5 Å². The van der Waals surface area contributed by atoms with E-state index >= 15 is 0 Å². The first-order valence-electron chi connectivity index (χ1n) is 11.1. The monoisotopic (exact) mass is 582 g/mol. The number of amides is 1. The molecule has 8 nitrogen and oxygen atoms in total. The number of hydrogen-bond acceptors (Lipinski definition) is 6. The lowest BCUT2D eigenvalue weighted by Gasteiger charge is -2.14. The van der Waals surface area contributed by atoms with Gasteiger partial charge in [-0.15, -0.1) is 13.2 Å². The fourth-order valence-corrected chi connectivity index (χ4v) is 4.07. The van der Waals surface area contributed by atoms with Crippen molar-refractivity contribution in [2.24, 2.45) is 0 Å². The second kappa shape index (κ2) is 10.1. The van der Waals surface area contributed by atoms with Gasteiger partial charge in [-0.05, 0) is 64.8 Å². The molecule has 0 bridgehead atoms. The van der Waals surface area contributed by atoms with Gasteiger partial charge in [0, 0.05) is 47.2 Å². The zero-order valence-electron chi connectivity index (χ0n) is 19.6. The van der Waals surface area contributed by atoms with Crippen LogP contribution in [0, 0.1) is 6.92 Å². The molecule has 1 amide bonds. The molecule has 3 aromatic heterocycles. The van der Waals surface area contributed by atoms with Gasteiger partial charge >= 0.3 is 6.36 Å². The number of nitrogens with zero attached hydrogens (tertiary/aromatic N) is 4. The Balaban J connectivity index is 1.44. The van der Waals surface area contributed by atoms with Crippen LogP contribution >= 0.6 is 15.9 Å². The Bertz CT molecular complexity index is 1640. The lowest BCUT2D eigenvalue weighted by molar-refractivity contribution is -0.274. The van der Waals surface area contributed by atoms with Gasteiger partial charge in [-0.3, -0.25) is 14.2 Å². The van der Waals surface area contributed by atoms with Gasteiger partial charge in [0.2, 0.25) is 0 Å². The first-order valence-corrected chi connectivity index (χ1v) is 11.9. The van der Waals surface area contributed by atoms with Crippen molar-refractivity contribution in [1.29, 1.82) is 0 Å². The van der Waals surface area contributed by atoms with E-state index in [-0.39, 0.29) is 11.3 Å². The molecule has 2 N–H and O–H groups in total. The van der Waals surface area contributed by atoms with E-state index < -0.39 is 18.0 Å². The molecule has 0 radical (unpaired) electrons. The summed E-state index contributed by atoms with van der Waals surface area (Å²) in [5, 5.41) is 5.87. The molecule has 0 spiro atoms. The van der Waals surface area contributed by atoms with Gasteiger partial charge in [-0.1, -0.05) is 12.1 Å². The number of rotatable bonds is 6. The summed E-state index contributed by atoms with van der Waals surface area (Å²) in [4.78, 5) is 26.3. The number of aryl methyl sites for hydroxylation is 1. The quantitative estimate of drug-likeness (QED) is 0.230. The first kappa shape index (κ1) is 25.2. The lowest BCUT2D eigenvalue weighted by atomic mass is 10.1. The van der Waals surface area contributed by atoms with Crippen LogP contribution in [-0.2, 0) is 0 Å². The standard InChI is InChI=1S/C26H18BrF3N6O2/c1-15-7-8-16(25(37)33-18-5-2-6-19(11-18)38-26(28,29)30)10-20(15)34-23-24-32-13-22(27)36(24)14-21(35-23)17-4-3-9-31-12-17/h2-14H,1H3,(H,33,37)(H,34,35). The molecule has 0 fully saturated rings. The van der Waals surface area contributed by atoms with Crippen LogP contribution in [0.5, 0.6) is 5.75 Å². The average molecular weight is 583 g/mol. The van der Waals surface area contributed by atoms with Crippen molar-refractivity contribution in [3.63, 3.8) is 0 Å². The third-order valence-corrected chi connectivity index (χ3v) is 6.07. The number of alkyl halides is 3. The molecule has 5 aromatic rings. The van der Waals surface area contributed by atoms with Crippen molar-refractivity contribution < 1.29 is 22.7 Å². The summed E-state index contributed by atoms with van der Waals surface area (Å²) >= 11 is 3.50. The summed E-state index contributed by atoms with van der Waals surface area (Å²) in [6, 6.07) is 13.8. The maximum Gasteiger partial charge on any atom is 0.573 e. The molecule has 12 heteroatoms. The number of imidazole rings is 1. The Morgan fingerprint density at radius 3 is 2.68 bits per heavy atom. The molecular weight excluding hydrogens is 565 g/mol. The summed E-state index contributed by atoms with van der Waals surface area (Å²) in [7, 11) is 0. The average Bonchev–Trinajstić information content (AvgIpc) is 3.26. The predicted molar refractivity (Wildman–Crippen MR) is 139 cm³/mol.